The molecular weight excluding hydrogens is 384 g/mol. The van der Waals surface area contributed by atoms with Crippen molar-refractivity contribution in [2.45, 2.75) is 45.7 Å². The van der Waals surface area contributed by atoms with Crippen molar-refractivity contribution in [2.75, 3.05) is 44.9 Å². The first-order valence-corrected chi connectivity index (χ1v) is 11.5. The second kappa shape index (κ2) is 11.4. The van der Waals surface area contributed by atoms with Gasteiger partial charge in [0.2, 0.25) is 0 Å². The third-order valence-electron chi connectivity index (χ3n) is 6.26. The monoisotopic (exact) mass is 422 g/mol. The first-order chi connectivity index (χ1) is 15.1. The molecular formula is C27H38N2O2. The molecule has 4 heteroatoms. The van der Waals surface area contributed by atoms with E-state index in [0.29, 0.717) is 25.3 Å². The van der Waals surface area contributed by atoms with Crippen LogP contribution in [0.25, 0.3) is 0 Å². The van der Waals surface area contributed by atoms with Crippen LogP contribution in [-0.4, -0.2) is 50.9 Å². The van der Waals surface area contributed by atoms with E-state index in [1.807, 2.05) is 6.92 Å². The molecule has 0 saturated heterocycles. The molecule has 1 heterocycles. The van der Waals surface area contributed by atoms with Gasteiger partial charge in [-0.15, -0.1) is 0 Å². The lowest BCUT2D eigenvalue weighted by Gasteiger charge is -2.43. The Hall–Kier alpha value is -2.30. The third-order valence-corrected chi connectivity index (χ3v) is 6.26. The quantitative estimate of drug-likeness (QED) is 0.447. The zero-order chi connectivity index (χ0) is 22.2. The van der Waals surface area contributed by atoms with E-state index in [1.54, 1.807) is 7.11 Å². The highest BCUT2D eigenvalue weighted by Crippen LogP contribution is 2.39. The van der Waals surface area contributed by atoms with Gasteiger partial charge in [0, 0.05) is 12.2 Å². The average molecular weight is 423 g/mol. The van der Waals surface area contributed by atoms with Crippen LogP contribution in [-0.2, 0) is 11.2 Å². The van der Waals surface area contributed by atoms with Gasteiger partial charge in [0.25, 0.3) is 0 Å². The molecule has 0 aromatic heterocycles. The van der Waals surface area contributed by atoms with Crippen molar-refractivity contribution in [3.63, 3.8) is 0 Å². The Bertz CT molecular complexity index is 829. The minimum Gasteiger partial charge on any atom is -0.497 e. The average Bonchev–Trinajstić information content (AvgIpc) is 2.79. The number of likely N-dealkylation sites (N-methyl/N-ethyl adjacent to an activating group) is 1. The molecule has 0 spiro atoms. The second-order valence-electron chi connectivity index (χ2n) is 8.46. The van der Waals surface area contributed by atoms with Gasteiger partial charge in [0.1, 0.15) is 5.75 Å². The molecule has 168 valence electrons. The number of ether oxygens (including phenoxy) is 2. The van der Waals surface area contributed by atoms with E-state index in [2.05, 4.69) is 78.8 Å². The fourth-order valence-electron chi connectivity index (χ4n) is 4.63. The molecule has 0 fully saturated rings. The van der Waals surface area contributed by atoms with Crippen LogP contribution >= 0.6 is 0 Å². The lowest BCUT2D eigenvalue weighted by molar-refractivity contribution is 0.0768. The molecule has 4 nitrogen and oxygen atoms in total. The van der Waals surface area contributed by atoms with E-state index in [4.69, 9.17) is 9.47 Å². The molecule has 2 aromatic carbocycles. The van der Waals surface area contributed by atoms with Gasteiger partial charge >= 0.3 is 0 Å². The third kappa shape index (κ3) is 5.90. The van der Waals surface area contributed by atoms with Gasteiger partial charge in [0.05, 0.1) is 32.4 Å². The highest BCUT2D eigenvalue weighted by molar-refractivity contribution is 5.58. The minimum atomic E-state index is 0.321. The van der Waals surface area contributed by atoms with E-state index >= 15 is 0 Å². The van der Waals surface area contributed by atoms with Gasteiger partial charge in [0.15, 0.2) is 0 Å². The molecule has 1 aliphatic rings. The lowest BCUT2D eigenvalue weighted by Crippen LogP contribution is -2.48. The fraction of sp³-hybridized carbons (Fsp3) is 0.481. The standard InChI is InChI=1S/C27H38N2O2/c1-6-28(7-2)24(20-31-19-21(3)4)18-29-26-11-9-8-10-22(26)14-17-27(29)23-12-15-25(30-5)16-13-23/h8-13,15-16,24,27H,3,6-7,14,17-20H2,1-2,4-5H3. The first-order valence-electron chi connectivity index (χ1n) is 11.5. The number of para-hydroxylation sites is 1. The zero-order valence-electron chi connectivity index (χ0n) is 19.6. The van der Waals surface area contributed by atoms with E-state index in [-0.39, 0.29) is 0 Å². The number of benzene rings is 2. The second-order valence-corrected chi connectivity index (χ2v) is 8.46. The van der Waals surface area contributed by atoms with Gasteiger partial charge in [-0.1, -0.05) is 56.3 Å². The van der Waals surface area contributed by atoms with Crippen LogP contribution in [0.1, 0.15) is 44.4 Å². The van der Waals surface area contributed by atoms with E-state index in [1.165, 1.54) is 16.8 Å². The van der Waals surface area contributed by atoms with Crippen molar-refractivity contribution in [1.82, 2.24) is 4.90 Å². The highest BCUT2D eigenvalue weighted by atomic mass is 16.5. The predicted octanol–water partition coefficient (Wildman–Crippen LogP) is 5.49. The Morgan fingerprint density at radius 2 is 1.84 bits per heavy atom. The molecule has 0 N–H and O–H groups in total. The minimum absolute atomic E-state index is 0.321. The largest absolute Gasteiger partial charge is 0.497 e. The van der Waals surface area contributed by atoms with E-state index < -0.39 is 0 Å². The molecule has 3 rings (SSSR count). The van der Waals surface area contributed by atoms with Crippen molar-refractivity contribution in [2.24, 2.45) is 0 Å². The smallest absolute Gasteiger partial charge is 0.118 e. The van der Waals surface area contributed by atoms with Crippen LogP contribution in [0.5, 0.6) is 5.75 Å². The predicted molar refractivity (Wildman–Crippen MR) is 130 cm³/mol. The Balaban J connectivity index is 1.90. The van der Waals surface area contributed by atoms with Crippen molar-refractivity contribution in [3.05, 3.63) is 71.8 Å². The maximum absolute atomic E-state index is 6.06. The number of anilines is 1. The molecule has 0 amide bonds. The van der Waals surface area contributed by atoms with E-state index in [0.717, 1.165) is 43.8 Å². The number of aryl methyl sites for hydroxylation is 1. The summed E-state index contributed by atoms with van der Waals surface area (Å²) < 4.78 is 11.4. The number of rotatable bonds is 11. The summed E-state index contributed by atoms with van der Waals surface area (Å²) in [6, 6.07) is 18.1. The zero-order valence-corrected chi connectivity index (χ0v) is 19.6. The molecule has 0 bridgehead atoms. The molecule has 0 aliphatic carbocycles. The molecule has 0 saturated carbocycles. The molecule has 2 atom stereocenters. The van der Waals surface area contributed by atoms with E-state index in [9.17, 15) is 0 Å². The number of hydrogen-bond acceptors (Lipinski definition) is 4. The van der Waals surface area contributed by atoms with Crippen LogP contribution in [0.3, 0.4) is 0 Å². The normalized spacial score (nSPS) is 16.8. The first kappa shape index (κ1) is 23.4. The maximum atomic E-state index is 6.06. The van der Waals surface area contributed by atoms with Gasteiger partial charge in [-0.2, -0.15) is 0 Å². The molecule has 0 radical (unpaired) electrons. The van der Waals surface area contributed by atoms with Crippen molar-refractivity contribution in [3.8, 4) is 5.75 Å². The van der Waals surface area contributed by atoms with Crippen LogP contribution in [0, 0.1) is 0 Å². The van der Waals surface area contributed by atoms with Crippen LogP contribution in [0.2, 0.25) is 0 Å². The Kier molecular flexibility index (Phi) is 8.56. The summed E-state index contributed by atoms with van der Waals surface area (Å²) in [5.41, 5.74) is 5.20. The van der Waals surface area contributed by atoms with Gasteiger partial charge < -0.3 is 14.4 Å². The summed E-state index contributed by atoms with van der Waals surface area (Å²) in [7, 11) is 1.72. The topological polar surface area (TPSA) is 24.9 Å². The summed E-state index contributed by atoms with van der Waals surface area (Å²) in [4.78, 5) is 5.12. The Labute approximate surface area is 188 Å². The van der Waals surface area contributed by atoms with Crippen molar-refractivity contribution < 1.29 is 9.47 Å². The van der Waals surface area contributed by atoms with Gasteiger partial charge in [-0.05, 0) is 62.2 Å². The summed E-state index contributed by atoms with van der Waals surface area (Å²) in [5.74, 6) is 0.903. The summed E-state index contributed by atoms with van der Waals surface area (Å²) in [6.07, 6.45) is 2.21. The van der Waals surface area contributed by atoms with Crippen molar-refractivity contribution in [1.29, 1.82) is 0 Å². The van der Waals surface area contributed by atoms with Crippen molar-refractivity contribution >= 4 is 5.69 Å². The molecule has 2 aromatic rings. The van der Waals surface area contributed by atoms with Crippen LogP contribution in [0.4, 0.5) is 5.69 Å². The Morgan fingerprint density at radius 1 is 1.13 bits per heavy atom. The molecule has 1 aliphatic heterocycles. The van der Waals surface area contributed by atoms with Crippen LogP contribution in [0.15, 0.2) is 60.7 Å². The van der Waals surface area contributed by atoms with Gasteiger partial charge in [-0.3, -0.25) is 4.90 Å². The Morgan fingerprint density at radius 3 is 2.48 bits per heavy atom. The van der Waals surface area contributed by atoms with Crippen LogP contribution < -0.4 is 9.64 Å². The summed E-state index contributed by atoms with van der Waals surface area (Å²) in [5, 5.41) is 0. The summed E-state index contributed by atoms with van der Waals surface area (Å²) in [6.45, 7) is 14.8. The summed E-state index contributed by atoms with van der Waals surface area (Å²) >= 11 is 0. The maximum Gasteiger partial charge on any atom is 0.118 e. The number of hydrogen-bond donors (Lipinski definition) is 0. The molecule has 31 heavy (non-hydrogen) atoms. The number of methoxy groups -OCH3 is 1. The van der Waals surface area contributed by atoms with Gasteiger partial charge in [-0.25, -0.2) is 0 Å². The fourth-order valence-corrected chi connectivity index (χ4v) is 4.63. The number of fused-ring (bicyclic) bond motifs is 1. The highest BCUT2D eigenvalue weighted by Gasteiger charge is 2.30. The lowest BCUT2D eigenvalue weighted by atomic mass is 9.90. The SMILES string of the molecule is C=C(C)COCC(CN1c2ccccc2CCC1c1ccc(OC)cc1)N(CC)CC. The number of nitrogens with zero attached hydrogens (tertiary/aromatic N) is 2. The molecule has 2 unspecified atom stereocenters.